The maximum absolute atomic E-state index is 11.8. The van der Waals surface area contributed by atoms with Crippen LogP contribution in [-0.2, 0) is 10.0 Å². The van der Waals surface area contributed by atoms with Crippen LogP contribution in [0.15, 0.2) is 29.2 Å². The average Bonchev–Trinajstić information content (AvgIpc) is 2.27. The van der Waals surface area contributed by atoms with Crippen molar-refractivity contribution in [1.29, 1.82) is 0 Å². The number of rotatable bonds is 5. The van der Waals surface area contributed by atoms with E-state index in [2.05, 4.69) is 10.0 Å². The molecule has 17 heavy (non-hydrogen) atoms. The summed E-state index contributed by atoms with van der Waals surface area (Å²) >= 11 is 0. The lowest BCUT2D eigenvalue weighted by Gasteiger charge is -2.26. The van der Waals surface area contributed by atoms with Crippen molar-refractivity contribution in [2.45, 2.75) is 24.2 Å². The van der Waals surface area contributed by atoms with Gasteiger partial charge >= 0.3 is 0 Å². The SMILES string of the molecule is CNS(=O)(=O)c1ccccc1NCC1CCC1. The lowest BCUT2D eigenvalue weighted by molar-refractivity contribution is 0.333. The molecular formula is C12H18N2O2S. The van der Waals surface area contributed by atoms with E-state index in [1.165, 1.54) is 26.3 Å². The van der Waals surface area contributed by atoms with Crippen molar-refractivity contribution in [3.8, 4) is 0 Å². The summed E-state index contributed by atoms with van der Waals surface area (Å²) in [5.74, 6) is 0.695. The standard InChI is InChI=1S/C12H18N2O2S/c1-13-17(15,16)12-8-3-2-7-11(12)14-9-10-5-4-6-10/h2-3,7-8,10,13-14H,4-6,9H2,1H3. The summed E-state index contributed by atoms with van der Waals surface area (Å²) in [6.45, 7) is 0.857. The fraction of sp³-hybridized carbons (Fsp3) is 0.500. The third-order valence-electron chi connectivity index (χ3n) is 3.25. The highest BCUT2D eigenvalue weighted by Gasteiger charge is 2.19. The van der Waals surface area contributed by atoms with Crippen molar-refractivity contribution in [3.05, 3.63) is 24.3 Å². The maximum Gasteiger partial charge on any atom is 0.242 e. The van der Waals surface area contributed by atoms with Crippen molar-refractivity contribution >= 4 is 15.7 Å². The Kier molecular flexibility index (Phi) is 3.69. The number of sulfonamides is 1. The van der Waals surface area contributed by atoms with Crippen LogP contribution in [0.25, 0.3) is 0 Å². The number of para-hydroxylation sites is 1. The molecule has 94 valence electrons. The van der Waals surface area contributed by atoms with Gasteiger partial charge in [0.2, 0.25) is 10.0 Å². The molecule has 1 aliphatic rings. The minimum absolute atomic E-state index is 0.321. The van der Waals surface area contributed by atoms with Gasteiger partial charge in [-0.05, 0) is 37.9 Å². The van der Waals surface area contributed by atoms with Gasteiger partial charge < -0.3 is 5.32 Å². The molecule has 0 atom stereocenters. The third kappa shape index (κ3) is 2.79. The first-order chi connectivity index (χ1) is 8.13. The van der Waals surface area contributed by atoms with Gasteiger partial charge in [0.15, 0.2) is 0 Å². The summed E-state index contributed by atoms with van der Waals surface area (Å²) in [5.41, 5.74) is 0.689. The molecule has 0 aromatic heterocycles. The number of nitrogens with one attached hydrogen (secondary N) is 2. The van der Waals surface area contributed by atoms with Gasteiger partial charge in [-0.15, -0.1) is 0 Å². The lowest BCUT2D eigenvalue weighted by atomic mass is 9.85. The zero-order valence-corrected chi connectivity index (χ0v) is 10.8. The summed E-state index contributed by atoms with van der Waals surface area (Å²) in [7, 11) is -1.95. The Morgan fingerprint density at radius 3 is 2.59 bits per heavy atom. The Morgan fingerprint density at radius 2 is 2.00 bits per heavy atom. The number of hydrogen-bond acceptors (Lipinski definition) is 3. The molecule has 0 saturated heterocycles. The molecule has 0 bridgehead atoms. The van der Waals surface area contributed by atoms with E-state index in [1.807, 2.05) is 12.1 Å². The predicted octanol–water partition coefficient (Wildman–Crippen LogP) is 1.81. The maximum atomic E-state index is 11.8. The Labute approximate surface area is 102 Å². The van der Waals surface area contributed by atoms with Gasteiger partial charge in [0.1, 0.15) is 4.90 Å². The molecule has 0 heterocycles. The minimum Gasteiger partial charge on any atom is -0.384 e. The molecule has 1 aromatic carbocycles. The second-order valence-electron chi connectivity index (χ2n) is 4.38. The first-order valence-electron chi connectivity index (χ1n) is 5.90. The third-order valence-corrected chi connectivity index (χ3v) is 4.72. The monoisotopic (exact) mass is 254 g/mol. The molecule has 0 aliphatic heterocycles. The van der Waals surface area contributed by atoms with Crippen molar-refractivity contribution in [3.63, 3.8) is 0 Å². The van der Waals surface area contributed by atoms with Crippen molar-refractivity contribution in [2.24, 2.45) is 5.92 Å². The molecule has 0 amide bonds. The van der Waals surface area contributed by atoms with Crippen LogP contribution in [0.4, 0.5) is 5.69 Å². The van der Waals surface area contributed by atoms with E-state index >= 15 is 0 Å². The van der Waals surface area contributed by atoms with Gasteiger partial charge in [-0.3, -0.25) is 0 Å². The fourth-order valence-electron chi connectivity index (χ4n) is 1.91. The molecule has 4 nitrogen and oxygen atoms in total. The van der Waals surface area contributed by atoms with E-state index in [1.54, 1.807) is 12.1 Å². The van der Waals surface area contributed by atoms with Crippen LogP contribution in [0, 0.1) is 5.92 Å². The van der Waals surface area contributed by atoms with Gasteiger partial charge in [0, 0.05) is 6.54 Å². The van der Waals surface area contributed by atoms with Crippen LogP contribution in [0.1, 0.15) is 19.3 Å². The molecule has 1 fully saturated rings. The van der Waals surface area contributed by atoms with Crippen LogP contribution in [0.5, 0.6) is 0 Å². The Balaban J connectivity index is 2.15. The summed E-state index contributed by atoms with van der Waals surface area (Å²) in [6, 6.07) is 7.01. The second kappa shape index (κ2) is 5.06. The summed E-state index contributed by atoms with van der Waals surface area (Å²) in [5, 5.41) is 3.24. The summed E-state index contributed by atoms with van der Waals surface area (Å²) in [6.07, 6.45) is 3.78. The van der Waals surface area contributed by atoms with E-state index < -0.39 is 10.0 Å². The number of hydrogen-bond donors (Lipinski definition) is 2. The summed E-state index contributed by atoms with van der Waals surface area (Å²) in [4.78, 5) is 0.321. The van der Waals surface area contributed by atoms with E-state index in [-0.39, 0.29) is 0 Å². The Bertz CT molecular complexity index is 481. The molecule has 1 aliphatic carbocycles. The minimum atomic E-state index is -3.38. The average molecular weight is 254 g/mol. The smallest absolute Gasteiger partial charge is 0.242 e. The molecule has 2 rings (SSSR count). The van der Waals surface area contributed by atoms with Crippen LogP contribution >= 0.6 is 0 Å². The van der Waals surface area contributed by atoms with Gasteiger partial charge in [-0.25, -0.2) is 13.1 Å². The van der Waals surface area contributed by atoms with Gasteiger partial charge in [-0.1, -0.05) is 18.6 Å². The second-order valence-corrected chi connectivity index (χ2v) is 6.24. The normalized spacial score (nSPS) is 16.5. The highest BCUT2D eigenvalue weighted by atomic mass is 32.2. The highest BCUT2D eigenvalue weighted by Crippen LogP contribution is 2.27. The fourth-order valence-corrected chi connectivity index (χ4v) is 2.82. The van der Waals surface area contributed by atoms with E-state index in [9.17, 15) is 8.42 Å². The zero-order chi connectivity index (χ0) is 12.3. The van der Waals surface area contributed by atoms with E-state index in [4.69, 9.17) is 0 Å². The number of anilines is 1. The van der Waals surface area contributed by atoms with Gasteiger partial charge in [0.05, 0.1) is 5.69 Å². The number of benzene rings is 1. The summed E-state index contributed by atoms with van der Waals surface area (Å²) < 4.78 is 25.9. The molecule has 0 unspecified atom stereocenters. The van der Waals surface area contributed by atoms with Crippen LogP contribution in [0.3, 0.4) is 0 Å². The van der Waals surface area contributed by atoms with Crippen molar-refractivity contribution < 1.29 is 8.42 Å². The molecule has 0 radical (unpaired) electrons. The van der Waals surface area contributed by atoms with Gasteiger partial charge in [0.25, 0.3) is 0 Å². The Hall–Kier alpha value is -1.07. The lowest BCUT2D eigenvalue weighted by Crippen LogP contribution is -2.24. The molecule has 1 aromatic rings. The highest BCUT2D eigenvalue weighted by molar-refractivity contribution is 7.89. The predicted molar refractivity (Wildman–Crippen MR) is 68.5 cm³/mol. The van der Waals surface area contributed by atoms with Crippen molar-refractivity contribution in [2.75, 3.05) is 18.9 Å². The Morgan fingerprint density at radius 1 is 1.29 bits per heavy atom. The largest absolute Gasteiger partial charge is 0.384 e. The molecule has 1 saturated carbocycles. The van der Waals surface area contributed by atoms with Crippen molar-refractivity contribution in [1.82, 2.24) is 4.72 Å². The first kappa shape index (κ1) is 12.4. The molecule has 5 heteroatoms. The van der Waals surface area contributed by atoms with Gasteiger partial charge in [-0.2, -0.15) is 0 Å². The topological polar surface area (TPSA) is 58.2 Å². The zero-order valence-electron chi connectivity index (χ0n) is 9.94. The first-order valence-corrected chi connectivity index (χ1v) is 7.38. The van der Waals surface area contributed by atoms with E-state index in [0.717, 1.165) is 6.54 Å². The molecule has 0 spiro atoms. The van der Waals surface area contributed by atoms with Crippen LogP contribution in [-0.4, -0.2) is 22.0 Å². The van der Waals surface area contributed by atoms with Crippen LogP contribution < -0.4 is 10.0 Å². The quantitative estimate of drug-likeness (QED) is 0.842. The molecule has 2 N–H and O–H groups in total. The van der Waals surface area contributed by atoms with Crippen LogP contribution in [0.2, 0.25) is 0 Å². The van der Waals surface area contributed by atoms with E-state index in [0.29, 0.717) is 16.5 Å². The molecular weight excluding hydrogens is 236 g/mol.